The molecule has 1 saturated heterocycles. The number of nitrogens with two attached hydrogens (primary N) is 1. The van der Waals surface area contributed by atoms with Gasteiger partial charge in [-0.3, -0.25) is 4.79 Å². The SMILES string of the molecule is CC(C)(C)CC(N)CC(=O)NCC1CCSCC1. The molecule has 0 bridgehead atoms. The molecule has 0 spiro atoms. The predicted molar refractivity (Wildman–Crippen MR) is 79.7 cm³/mol. The van der Waals surface area contributed by atoms with Gasteiger partial charge in [0.15, 0.2) is 0 Å². The molecular weight excluding hydrogens is 244 g/mol. The molecule has 1 amide bonds. The van der Waals surface area contributed by atoms with E-state index in [0.29, 0.717) is 12.3 Å². The fourth-order valence-corrected chi connectivity index (χ4v) is 3.58. The zero-order chi connectivity index (χ0) is 13.6. The Morgan fingerprint density at radius 1 is 1.39 bits per heavy atom. The van der Waals surface area contributed by atoms with Crippen LogP contribution in [0.25, 0.3) is 0 Å². The molecule has 1 unspecified atom stereocenters. The summed E-state index contributed by atoms with van der Waals surface area (Å²) in [6.45, 7) is 7.31. The summed E-state index contributed by atoms with van der Waals surface area (Å²) in [6, 6.07) is -0.0214. The predicted octanol–water partition coefficient (Wildman–Crippen LogP) is 2.40. The molecule has 1 aliphatic rings. The van der Waals surface area contributed by atoms with Crippen molar-refractivity contribution in [1.29, 1.82) is 0 Å². The van der Waals surface area contributed by atoms with E-state index >= 15 is 0 Å². The van der Waals surface area contributed by atoms with Crippen LogP contribution in [0.4, 0.5) is 0 Å². The van der Waals surface area contributed by atoms with Gasteiger partial charge in [0.2, 0.25) is 5.91 Å². The number of amides is 1. The minimum atomic E-state index is -0.0214. The molecule has 1 rings (SSSR count). The number of nitrogens with one attached hydrogen (secondary N) is 1. The van der Waals surface area contributed by atoms with Gasteiger partial charge < -0.3 is 11.1 Å². The number of hydrogen-bond donors (Lipinski definition) is 2. The smallest absolute Gasteiger partial charge is 0.221 e. The molecule has 106 valence electrons. The zero-order valence-electron chi connectivity index (χ0n) is 12.0. The van der Waals surface area contributed by atoms with E-state index in [1.165, 1.54) is 24.3 Å². The first-order valence-corrected chi connectivity index (χ1v) is 8.12. The monoisotopic (exact) mass is 272 g/mol. The molecule has 0 aliphatic carbocycles. The Bertz CT molecular complexity index is 257. The van der Waals surface area contributed by atoms with Crippen LogP contribution in [0, 0.1) is 11.3 Å². The minimum Gasteiger partial charge on any atom is -0.356 e. The van der Waals surface area contributed by atoms with E-state index in [2.05, 4.69) is 26.1 Å². The maximum Gasteiger partial charge on any atom is 0.221 e. The first kappa shape index (κ1) is 15.8. The Hall–Kier alpha value is -0.220. The van der Waals surface area contributed by atoms with Crippen molar-refractivity contribution in [3.8, 4) is 0 Å². The van der Waals surface area contributed by atoms with E-state index in [4.69, 9.17) is 5.73 Å². The van der Waals surface area contributed by atoms with Gasteiger partial charge in [0.05, 0.1) is 0 Å². The number of thioether (sulfide) groups is 1. The third-order valence-electron chi connectivity index (χ3n) is 3.25. The summed E-state index contributed by atoms with van der Waals surface area (Å²) in [6.07, 6.45) is 3.82. The van der Waals surface area contributed by atoms with Crippen LogP contribution in [0.15, 0.2) is 0 Å². The number of carbonyl (C=O) groups is 1. The molecule has 0 radical (unpaired) electrons. The Labute approximate surface area is 116 Å². The molecular formula is C14H28N2OS. The fraction of sp³-hybridized carbons (Fsp3) is 0.929. The summed E-state index contributed by atoms with van der Waals surface area (Å²) in [7, 11) is 0. The Morgan fingerprint density at radius 2 is 2.00 bits per heavy atom. The average Bonchev–Trinajstić information content (AvgIpc) is 2.25. The summed E-state index contributed by atoms with van der Waals surface area (Å²) in [5, 5.41) is 3.04. The van der Waals surface area contributed by atoms with Gasteiger partial charge in [-0.15, -0.1) is 0 Å². The lowest BCUT2D eigenvalue weighted by Gasteiger charge is -2.24. The van der Waals surface area contributed by atoms with Crippen molar-refractivity contribution < 1.29 is 4.79 Å². The maximum absolute atomic E-state index is 11.8. The molecule has 0 aromatic heterocycles. The first-order valence-electron chi connectivity index (χ1n) is 6.97. The van der Waals surface area contributed by atoms with Gasteiger partial charge in [-0.2, -0.15) is 11.8 Å². The van der Waals surface area contributed by atoms with Gasteiger partial charge in [0.25, 0.3) is 0 Å². The molecule has 1 aliphatic heterocycles. The lowest BCUT2D eigenvalue weighted by Crippen LogP contribution is -2.36. The molecule has 0 aromatic carbocycles. The summed E-state index contributed by atoms with van der Waals surface area (Å²) in [5.74, 6) is 3.27. The molecule has 1 heterocycles. The van der Waals surface area contributed by atoms with Crippen LogP contribution in [0.1, 0.15) is 46.5 Å². The molecule has 3 N–H and O–H groups in total. The zero-order valence-corrected chi connectivity index (χ0v) is 12.8. The third kappa shape index (κ3) is 7.27. The highest BCUT2D eigenvalue weighted by molar-refractivity contribution is 7.99. The van der Waals surface area contributed by atoms with Gasteiger partial charge in [0.1, 0.15) is 0 Å². The van der Waals surface area contributed by atoms with Gasteiger partial charge in [-0.25, -0.2) is 0 Å². The van der Waals surface area contributed by atoms with Crippen molar-refractivity contribution in [3.05, 3.63) is 0 Å². The molecule has 1 atom stereocenters. The lowest BCUT2D eigenvalue weighted by atomic mass is 9.87. The third-order valence-corrected chi connectivity index (χ3v) is 4.30. The van der Waals surface area contributed by atoms with E-state index in [0.717, 1.165) is 13.0 Å². The normalized spacial score (nSPS) is 19.6. The second kappa shape index (κ2) is 7.39. The standard InChI is InChI=1S/C14H28N2OS/c1-14(2,3)9-12(15)8-13(17)16-10-11-4-6-18-7-5-11/h11-12H,4-10,15H2,1-3H3,(H,16,17). The number of rotatable bonds is 5. The van der Waals surface area contributed by atoms with Gasteiger partial charge in [0, 0.05) is 19.0 Å². The van der Waals surface area contributed by atoms with Crippen LogP contribution >= 0.6 is 11.8 Å². The highest BCUT2D eigenvalue weighted by atomic mass is 32.2. The van der Waals surface area contributed by atoms with Crippen LogP contribution in [0.2, 0.25) is 0 Å². The van der Waals surface area contributed by atoms with Crippen molar-refractivity contribution in [2.24, 2.45) is 17.1 Å². The van der Waals surface area contributed by atoms with Crippen LogP contribution in [0.5, 0.6) is 0 Å². The van der Waals surface area contributed by atoms with Gasteiger partial charge in [-0.05, 0) is 42.1 Å². The van der Waals surface area contributed by atoms with Crippen molar-refractivity contribution in [2.75, 3.05) is 18.1 Å². The van der Waals surface area contributed by atoms with Crippen LogP contribution in [0.3, 0.4) is 0 Å². The molecule has 1 fully saturated rings. The topological polar surface area (TPSA) is 55.1 Å². The van der Waals surface area contributed by atoms with Crippen LogP contribution in [-0.2, 0) is 4.79 Å². The Morgan fingerprint density at radius 3 is 2.56 bits per heavy atom. The minimum absolute atomic E-state index is 0.0214. The fourth-order valence-electron chi connectivity index (χ4n) is 2.38. The highest BCUT2D eigenvalue weighted by Crippen LogP contribution is 2.22. The molecule has 18 heavy (non-hydrogen) atoms. The van der Waals surface area contributed by atoms with Crippen LogP contribution in [-0.4, -0.2) is 30.0 Å². The molecule has 3 nitrogen and oxygen atoms in total. The maximum atomic E-state index is 11.8. The Balaban J connectivity index is 2.16. The van der Waals surface area contributed by atoms with Crippen molar-refractivity contribution in [3.63, 3.8) is 0 Å². The summed E-state index contributed by atoms with van der Waals surface area (Å²) in [4.78, 5) is 11.8. The lowest BCUT2D eigenvalue weighted by molar-refractivity contribution is -0.121. The van der Waals surface area contributed by atoms with E-state index in [1.807, 2.05) is 11.8 Å². The van der Waals surface area contributed by atoms with Gasteiger partial charge in [-0.1, -0.05) is 20.8 Å². The molecule has 0 aromatic rings. The van der Waals surface area contributed by atoms with Crippen LogP contribution < -0.4 is 11.1 Å². The summed E-state index contributed by atoms with van der Waals surface area (Å²) >= 11 is 2.02. The number of carbonyl (C=O) groups excluding carboxylic acids is 1. The molecule has 0 saturated carbocycles. The number of hydrogen-bond acceptors (Lipinski definition) is 3. The largest absolute Gasteiger partial charge is 0.356 e. The first-order chi connectivity index (χ1) is 8.37. The van der Waals surface area contributed by atoms with E-state index in [1.54, 1.807) is 0 Å². The Kier molecular flexibility index (Phi) is 6.50. The highest BCUT2D eigenvalue weighted by Gasteiger charge is 2.19. The van der Waals surface area contributed by atoms with Crippen molar-refractivity contribution in [1.82, 2.24) is 5.32 Å². The van der Waals surface area contributed by atoms with E-state index in [-0.39, 0.29) is 17.4 Å². The van der Waals surface area contributed by atoms with E-state index in [9.17, 15) is 4.79 Å². The molecule has 4 heteroatoms. The van der Waals surface area contributed by atoms with Gasteiger partial charge >= 0.3 is 0 Å². The quantitative estimate of drug-likeness (QED) is 0.808. The van der Waals surface area contributed by atoms with E-state index < -0.39 is 0 Å². The van der Waals surface area contributed by atoms with Crippen molar-refractivity contribution >= 4 is 17.7 Å². The second-order valence-corrected chi connectivity index (χ2v) is 7.81. The summed E-state index contributed by atoms with van der Waals surface area (Å²) < 4.78 is 0. The average molecular weight is 272 g/mol. The van der Waals surface area contributed by atoms with Crippen molar-refractivity contribution in [2.45, 2.75) is 52.5 Å². The summed E-state index contributed by atoms with van der Waals surface area (Å²) in [5.41, 5.74) is 6.20. The second-order valence-electron chi connectivity index (χ2n) is 6.59.